The second-order valence-electron chi connectivity index (χ2n) is 9.99. The predicted octanol–water partition coefficient (Wildman–Crippen LogP) is 4.43. The van der Waals surface area contributed by atoms with Crippen LogP contribution in [0.5, 0.6) is 0 Å². The molecule has 0 spiro atoms. The van der Waals surface area contributed by atoms with E-state index in [1.807, 2.05) is 33.3 Å². The molecule has 33 heavy (non-hydrogen) atoms. The van der Waals surface area contributed by atoms with Crippen molar-refractivity contribution < 1.29 is 9.59 Å². The summed E-state index contributed by atoms with van der Waals surface area (Å²) in [7, 11) is 1.96. The topological polar surface area (TPSA) is 74.3 Å². The van der Waals surface area contributed by atoms with Gasteiger partial charge in [0.15, 0.2) is 0 Å². The van der Waals surface area contributed by atoms with E-state index >= 15 is 0 Å². The SMILES string of the molecule is CC(C)NC(C(=O)N1CCCC1C=O)C(C)(C)C.CNCc1ccc(-c2scnc2C)cc1. The van der Waals surface area contributed by atoms with Crippen LogP contribution in [0.2, 0.25) is 0 Å². The Morgan fingerprint density at radius 1 is 1.27 bits per heavy atom. The van der Waals surface area contributed by atoms with Crippen molar-refractivity contribution in [3.05, 3.63) is 41.0 Å². The molecule has 6 nitrogen and oxygen atoms in total. The van der Waals surface area contributed by atoms with Gasteiger partial charge >= 0.3 is 0 Å². The number of rotatable bonds is 7. The van der Waals surface area contributed by atoms with Crippen molar-refractivity contribution in [2.45, 2.75) is 79.1 Å². The summed E-state index contributed by atoms with van der Waals surface area (Å²) in [4.78, 5) is 30.9. The van der Waals surface area contributed by atoms with E-state index in [1.54, 1.807) is 16.2 Å². The zero-order valence-corrected chi connectivity index (χ0v) is 22.0. The quantitative estimate of drug-likeness (QED) is 0.583. The van der Waals surface area contributed by atoms with Crippen LogP contribution in [0.3, 0.4) is 0 Å². The molecule has 1 saturated heterocycles. The fourth-order valence-electron chi connectivity index (χ4n) is 3.96. The van der Waals surface area contributed by atoms with Crippen molar-refractivity contribution >= 4 is 23.5 Å². The van der Waals surface area contributed by atoms with Crippen LogP contribution in [0.25, 0.3) is 10.4 Å². The van der Waals surface area contributed by atoms with E-state index in [9.17, 15) is 9.59 Å². The molecule has 2 atom stereocenters. The van der Waals surface area contributed by atoms with Crippen molar-refractivity contribution in [3.8, 4) is 10.4 Å². The van der Waals surface area contributed by atoms with E-state index in [2.05, 4.69) is 60.7 Å². The Balaban J connectivity index is 0.000000237. The van der Waals surface area contributed by atoms with Gasteiger partial charge in [0.25, 0.3) is 0 Å². The zero-order chi connectivity index (χ0) is 24.6. The van der Waals surface area contributed by atoms with Crippen LogP contribution in [0.15, 0.2) is 29.8 Å². The maximum atomic E-state index is 12.6. The minimum Gasteiger partial charge on any atom is -0.332 e. The van der Waals surface area contributed by atoms with Crippen molar-refractivity contribution in [2.24, 2.45) is 5.41 Å². The molecular formula is C26H40N4O2S. The number of likely N-dealkylation sites (tertiary alicyclic amines) is 1. The van der Waals surface area contributed by atoms with Gasteiger partial charge in [0.2, 0.25) is 5.91 Å². The summed E-state index contributed by atoms with van der Waals surface area (Å²) < 4.78 is 0. The van der Waals surface area contributed by atoms with Crippen LogP contribution in [0.1, 0.15) is 58.7 Å². The van der Waals surface area contributed by atoms with E-state index in [0.29, 0.717) is 6.54 Å². The minimum atomic E-state index is -0.238. The molecule has 1 aliphatic rings. The van der Waals surface area contributed by atoms with Gasteiger partial charge in [0.05, 0.1) is 28.2 Å². The molecule has 0 radical (unpaired) electrons. The third-order valence-corrected chi connectivity index (χ3v) is 6.67. The molecule has 2 aromatic rings. The van der Waals surface area contributed by atoms with E-state index in [4.69, 9.17) is 0 Å². The number of nitrogens with one attached hydrogen (secondary N) is 2. The predicted molar refractivity (Wildman–Crippen MR) is 137 cm³/mol. The number of thiazole rings is 1. The normalized spacial score (nSPS) is 17.0. The Hall–Kier alpha value is -2.09. The molecule has 2 heterocycles. The molecule has 1 fully saturated rings. The Morgan fingerprint density at radius 2 is 1.94 bits per heavy atom. The smallest absolute Gasteiger partial charge is 0.240 e. The van der Waals surface area contributed by atoms with E-state index in [-0.39, 0.29) is 29.4 Å². The summed E-state index contributed by atoms with van der Waals surface area (Å²) in [5.41, 5.74) is 5.42. The van der Waals surface area contributed by atoms with Crippen LogP contribution < -0.4 is 10.6 Å². The lowest BCUT2D eigenvalue weighted by molar-refractivity contribution is -0.139. The monoisotopic (exact) mass is 472 g/mol. The Bertz CT molecular complexity index is 886. The third-order valence-electron chi connectivity index (χ3n) is 5.69. The Morgan fingerprint density at radius 3 is 2.42 bits per heavy atom. The number of nitrogens with zero attached hydrogens (tertiary/aromatic N) is 2. The maximum absolute atomic E-state index is 12.6. The molecule has 1 aromatic carbocycles. The van der Waals surface area contributed by atoms with Crippen molar-refractivity contribution in [3.63, 3.8) is 0 Å². The highest BCUT2D eigenvalue weighted by Crippen LogP contribution is 2.27. The van der Waals surface area contributed by atoms with Gasteiger partial charge < -0.3 is 20.3 Å². The van der Waals surface area contributed by atoms with Crippen molar-refractivity contribution in [2.75, 3.05) is 13.6 Å². The highest BCUT2D eigenvalue weighted by Gasteiger charge is 2.38. The van der Waals surface area contributed by atoms with Gasteiger partial charge in [0.1, 0.15) is 6.29 Å². The van der Waals surface area contributed by atoms with Gasteiger partial charge in [-0.05, 0) is 43.4 Å². The third kappa shape index (κ3) is 7.73. The largest absolute Gasteiger partial charge is 0.332 e. The first-order valence-corrected chi connectivity index (χ1v) is 12.6. The number of aryl methyl sites for hydroxylation is 1. The molecule has 1 amide bonds. The van der Waals surface area contributed by atoms with E-state index in [0.717, 1.165) is 31.4 Å². The number of aromatic nitrogens is 1. The molecule has 2 unspecified atom stereocenters. The molecular weight excluding hydrogens is 432 g/mol. The number of hydrogen-bond acceptors (Lipinski definition) is 6. The molecule has 0 saturated carbocycles. The second kappa shape index (κ2) is 12.4. The van der Waals surface area contributed by atoms with E-state index < -0.39 is 0 Å². The molecule has 0 aliphatic carbocycles. The van der Waals surface area contributed by atoms with Gasteiger partial charge in [-0.1, -0.05) is 58.9 Å². The first kappa shape index (κ1) is 27.2. The molecule has 1 aromatic heterocycles. The van der Waals surface area contributed by atoms with Crippen LogP contribution in [0, 0.1) is 12.3 Å². The second-order valence-corrected chi connectivity index (χ2v) is 10.8. The summed E-state index contributed by atoms with van der Waals surface area (Å²) in [6.07, 6.45) is 2.63. The van der Waals surface area contributed by atoms with Crippen LogP contribution >= 0.6 is 11.3 Å². The first-order valence-electron chi connectivity index (χ1n) is 11.7. The van der Waals surface area contributed by atoms with Crippen LogP contribution in [-0.4, -0.2) is 53.8 Å². The van der Waals surface area contributed by atoms with Crippen LogP contribution in [-0.2, 0) is 16.1 Å². The number of hydrogen-bond donors (Lipinski definition) is 2. The van der Waals surface area contributed by atoms with Gasteiger partial charge in [0, 0.05) is 19.1 Å². The molecule has 1 aliphatic heterocycles. The summed E-state index contributed by atoms with van der Waals surface area (Å²) in [5.74, 6) is 0.0609. The lowest BCUT2D eigenvalue weighted by Crippen LogP contribution is -2.56. The van der Waals surface area contributed by atoms with Gasteiger partial charge in [-0.25, -0.2) is 4.98 Å². The van der Waals surface area contributed by atoms with Crippen molar-refractivity contribution in [1.29, 1.82) is 0 Å². The zero-order valence-electron chi connectivity index (χ0n) is 21.1. The average Bonchev–Trinajstić information content (AvgIpc) is 3.41. The maximum Gasteiger partial charge on any atom is 0.240 e. The molecule has 0 bridgehead atoms. The lowest BCUT2D eigenvalue weighted by atomic mass is 9.85. The van der Waals surface area contributed by atoms with Crippen LogP contribution in [0.4, 0.5) is 0 Å². The number of aldehydes is 1. The van der Waals surface area contributed by atoms with Crippen molar-refractivity contribution in [1.82, 2.24) is 20.5 Å². The number of carbonyl (C=O) groups is 2. The average molecular weight is 473 g/mol. The summed E-state index contributed by atoms with van der Waals surface area (Å²) in [5, 5.41) is 6.47. The highest BCUT2D eigenvalue weighted by atomic mass is 32.1. The molecule has 182 valence electrons. The highest BCUT2D eigenvalue weighted by molar-refractivity contribution is 7.13. The van der Waals surface area contributed by atoms with Gasteiger partial charge in [-0.15, -0.1) is 11.3 Å². The summed E-state index contributed by atoms with van der Waals surface area (Å²) in [6.45, 7) is 13.9. The summed E-state index contributed by atoms with van der Waals surface area (Å²) >= 11 is 1.70. The van der Waals surface area contributed by atoms with Gasteiger partial charge in [-0.3, -0.25) is 4.79 Å². The number of carbonyl (C=O) groups excluding carboxylic acids is 2. The first-order chi connectivity index (χ1) is 15.6. The summed E-state index contributed by atoms with van der Waals surface area (Å²) in [6, 6.07) is 8.42. The fourth-order valence-corrected chi connectivity index (χ4v) is 4.77. The Kier molecular flexibility index (Phi) is 10.2. The Labute approximate surface area is 203 Å². The molecule has 2 N–H and O–H groups in total. The van der Waals surface area contributed by atoms with Gasteiger partial charge in [-0.2, -0.15) is 0 Å². The number of amides is 1. The van der Waals surface area contributed by atoms with E-state index in [1.165, 1.54) is 16.0 Å². The number of benzene rings is 1. The molecule has 7 heteroatoms. The lowest BCUT2D eigenvalue weighted by Gasteiger charge is -2.36. The minimum absolute atomic E-state index is 0.0609. The molecule has 3 rings (SSSR count). The standard InChI is InChI=1S/C14H26N2O2.C12H14N2S/c1-10(2)15-12(14(3,4)5)13(18)16-8-6-7-11(16)9-17;1-9-12(15-8-14-9)11-5-3-10(4-6-11)7-13-2/h9-12,15H,6-8H2,1-5H3;3-6,8,13H,7H2,1-2H3. The fraction of sp³-hybridized carbons (Fsp3) is 0.577.